The van der Waals surface area contributed by atoms with Gasteiger partial charge >= 0.3 is 0 Å². The Bertz CT molecular complexity index is 726. The van der Waals surface area contributed by atoms with Crippen molar-refractivity contribution in [1.82, 2.24) is 4.90 Å². The van der Waals surface area contributed by atoms with Gasteiger partial charge in [0.15, 0.2) is 0 Å². The summed E-state index contributed by atoms with van der Waals surface area (Å²) in [4.78, 5) is 25.4. The molecule has 25 heavy (non-hydrogen) atoms. The molecule has 1 unspecified atom stereocenters. The lowest BCUT2D eigenvalue weighted by atomic mass is 10.2. The van der Waals surface area contributed by atoms with Crippen molar-refractivity contribution in [3.8, 4) is 11.5 Å². The summed E-state index contributed by atoms with van der Waals surface area (Å²) < 4.78 is 5.71. The normalized spacial score (nSPS) is 11.3. The highest BCUT2D eigenvalue weighted by Crippen LogP contribution is 2.22. The molecule has 0 aliphatic heterocycles. The number of nitrogens with zero attached hydrogens (tertiary/aromatic N) is 1. The number of carbonyl (C=O) groups excluding carboxylic acids is 2. The van der Waals surface area contributed by atoms with Gasteiger partial charge in [-0.3, -0.25) is 9.59 Å². The third-order valence-corrected chi connectivity index (χ3v) is 3.68. The van der Waals surface area contributed by atoms with E-state index >= 15 is 0 Å². The standard InChI is InChI=1S/C20H22N2O3/c1-4-14-22(16(3)23)15(2)20(24)21-17-10-12-19(13-11-17)25-18-8-6-5-7-9-18/h4-13,15H,1,14H2,2-3H3,(H,21,24). The van der Waals surface area contributed by atoms with E-state index in [-0.39, 0.29) is 11.8 Å². The largest absolute Gasteiger partial charge is 0.457 e. The molecule has 130 valence electrons. The van der Waals surface area contributed by atoms with Crippen LogP contribution in [-0.4, -0.2) is 29.3 Å². The molecular formula is C20H22N2O3. The summed E-state index contributed by atoms with van der Waals surface area (Å²) in [5.41, 5.74) is 0.638. The molecule has 2 aromatic rings. The lowest BCUT2D eigenvalue weighted by Gasteiger charge is -2.26. The van der Waals surface area contributed by atoms with E-state index in [1.165, 1.54) is 11.8 Å². The Hall–Kier alpha value is -3.08. The van der Waals surface area contributed by atoms with Crippen LogP contribution in [0.5, 0.6) is 11.5 Å². The number of nitrogens with one attached hydrogen (secondary N) is 1. The molecule has 5 heteroatoms. The average molecular weight is 338 g/mol. The Morgan fingerprint density at radius 3 is 2.28 bits per heavy atom. The molecule has 0 bridgehead atoms. The Morgan fingerprint density at radius 2 is 1.72 bits per heavy atom. The minimum absolute atomic E-state index is 0.172. The third kappa shape index (κ3) is 5.21. The molecule has 1 N–H and O–H groups in total. The van der Waals surface area contributed by atoms with Crippen molar-refractivity contribution >= 4 is 17.5 Å². The maximum Gasteiger partial charge on any atom is 0.246 e. The Morgan fingerprint density at radius 1 is 1.12 bits per heavy atom. The average Bonchev–Trinajstić information content (AvgIpc) is 2.61. The molecule has 2 aromatic carbocycles. The predicted molar refractivity (Wildman–Crippen MR) is 98.6 cm³/mol. The topological polar surface area (TPSA) is 58.6 Å². The number of hydrogen-bond donors (Lipinski definition) is 1. The maximum atomic E-state index is 12.3. The SMILES string of the molecule is C=CCN(C(C)=O)C(C)C(=O)Nc1ccc(Oc2ccccc2)cc1. The molecule has 0 aromatic heterocycles. The maximum absolute atomic E-state index is 12.3. The van der Waals surface area contributed by atoms with Crippen LogP contribution in [0.4, 0.5) is 5.69 Å². The van der Waals surface area contributed by atoms with Crippen molar-refractivity contribution in [2.24, 2.45) is 0 Å². The van der Waals surface area contributed by atoms with Gasteiger partial charge in [-0.1, -0.05) is 24.3 Å². The highest BCUT2D eigenvalue weighted by atomic mass is 16.5. The van der Waals surface area contributed by atoms with Gasteiger partial charge < -0.3 is 15.0 Å². The first kappa shape index (κ1) is 18.3. The van der Waals surface area contributed by atoms with Gasteiger partial charge in [0.1, 0.15) is 17.5 Å². The molecule has 0 saturated carbocycles. The van der Waals surface area contributed by atoms with Crippen molar-refractivity contribution in [1.29, 1.82) is 0 Å². The number of ether oxygens (including phenoxy) is 1. The zero-order valence-electron chi connectivity index (χ0n) is 14.4. The van der Waals surface area contributed by atoms with E-state index < -0.39 is 6.04 Å². The molecule has 2 amide bonds. The number of hydrogen-bond acceptors (Lipinski definition) is 3. The lowest BCUT2D eigenvalue weighted by molar-refractivity contribution is -0.135. The number of benzene rings is 2. The van der Waals surface area contributed by atoms with Gasteiger partial charge in [-0.25, -0.2) is 0 Å². The number of rotatable bonds is 7. The van der Waals surface area contributed by atoms with Crippen LogP contribution in [0.2, 0.25) is 0 Å². The number of para-hydroxylation sites is 1. The molecular weight excluding hydrogens is 316 g/mol. The summed E-state index contributed by atoms with van der Waals surface area (Å²) in [7, 11) is 0. The van der Waals surface area contributed by atoms with Crippen LogP contribution in [0.1, 0.15) is 13.8 Å². The van der Waals surface area contributed by atoms with Crippen LogP contribution in [0, 0.1) is 0 Å². The van der Waals surface area contributed by atoms with Crippen molar-refractivity contribution in [2.75, 3.05) is 11.9 Å². The van der Waals surface area contributed by atoms with E-state index in [4.69, 9.17) is 4.74 Å². The van der Waals surface area contributed by atoms with Gasteiger partial charge in [0.25, 0.3) is 0 Å². The van der Waals surface area contributed by atoms with Gasteiger partial charge in [0, 0.05) is 19.2 Å². The fourth-order valence-electron chi connectivity index (χ4n) is 2.32. The van der Waals surface area contributed by atoms with Crippen molar-refractivity contribution in [2.45, 2.75) is 19.9 Å². The van der Waals surface area contributed by atoms with Crippen LogP contribution >= 0.6 is 0 Å². The molecule has 0 spiro atoms. The summed E-state index contributed by atoms with van der Waals surface area (Å²) in [6.07, 6.45) is 1.60. The minimum atomic E-state index is -0.587. The van der Waals surface area contributed by atoms with Gasteiger partial charge in [0.2, 0.25) is 11.8 Å². The molecule has 0 fully saturated rings. The zero-order valence-corrected chi connectivity index (χ0v) is 14.4. The first-order valence-corrected chi connectivity index (χ1v) is 8.03. The molecule has 1 atom stereocenters. The molecule has 0 radical (unpaired) electrons. The second-order valence-corrected chi connectivity index (χ2v) is 5.56. The van der Waals surface area contributed by atoms with Crippen molar-refractivity contribution in [3.05, 3.63) is 67.3 Å². The molecule has 2 rings (SSSR count). The van der Waals surface area contributed by atoms with Gasteiger partial charge in [0.05, 0.1) is 0 Å². The molecule has 5 nitrogen and oxygen atoms in total. The molecule has 0 aliphatic rings. The highest BCUT2D eigenvalue weighted by molar-refractivity contribution is 5.96. The van der Waals surface area contributed by atoms with Crippen LogP contribution in [0.3, 0.4) is 0 Å². The smallest absolute Gasteiger partial charge is 0.246 e. The lowest BCUT2D eigenvalue weighted by Crippen LogP contribution is -2.44. The van der Waals surface area contributed by atoms with E-state index in [0.29, 0.717) is 18.0 Å². The number of anilines is 1. The second kappa shape index (κ2) is 8.68. The summed E-state index contributed by atoms with van der Waals surface area (Å²) >= 11 is 0. The monoisotopic (exact) mass is 338 g/mol. The number of carbonyl (C=O) groups is 2. The summed E-state index contributed by atoms with van der Waals surface area (Å²) in [5, 5.41) is 2.80. The first-order valence-electron chi connectivity index (χ1n) is 8.03. The summed E-state index contributed by atoms with van der Waals surface area (Å²) in [6.45, 7) is 7.06. The van der Waals surface area contributed by atoms with E-state index in [1.54, 1.807) is 37.3 Å². The van der Waals surface area contributed by atoms with Crippen molar-refractivity contribution < 1.29 is 14.3 Å². The van der Waals surface area contributed by atoms with Gasteiger partial charge in [-0.05, 0) is 43.3 Å². The van der Waals surface area contributed by atoms with E-state index in [9.17, 15) is 9.59 Å². The Balaban J connectivity index is 1.99. The minimum Gasteiger partial charge on any atom is -0.457 e. The van der Waals surface area contributed by atoms with Crippen LogP contribution in [-0.2, 0) is 9.59 Å². The second-order valence-electron chi connectivity index (χ2n) is 5.56. The Kier molecular flexibility index (Phi) is 6.34. The highest BCUT2D eigenvalue weighted by Gasteiger charge is 2.22. The van der Waals surface area contributed by atoms with E-state index in [2.05, 4.69) is 11.9 Å². The predicted octanol–water partition coefficient (Wildman–Crippen LogP) is 3.84. The fourth-order valence-corrected chi connectivity index (χ4v) is 2.32. The molecule has 0 saturated heterocycles. The summed E-state index contributed by atoms with van der Waals surface area (Å²) in [6, 6.07) is 15.9. The summed E-state index contributed by atoms with van der Waals surface area (Å²) in [5.74, 6) is 0.992. The zero-order chi connectivity index (χ0) is 18.2. The fraction of sp³-hybridized carbons (Fsp3) is 0.200. The first-order chi connectivity index (χ1) is 12.0. The van der Waals surface area contributed by atoms with E-state index in [1.807, 2.05) is 30.3 Å². The van der Waals surface area contributed by atoms with Crippen molar-refractivity contribution in [3.63, 3.8) is 0 Å². The molecule has 0 heterocycles. The van der Waals surface area contributed by atoms with Gasteiger partial charge in [-0.2, -0.15) is 0 Å². The van der Waals surface area contributed by atoms with Gasteiger partial charge in [-0.15, -0.1) is 6.58 Å². The van der Waals surface area contributed by atoms with E-state index in [0.717, 1.165) is 5.75 Å². The van der Waals surface area contributed by atoms with Crippen LogP contribution in [0.15, 0.2) is 67.3 Å². The third-order valence-electron chi connectivity index (χ3n) is 3.68. The Labute approximate surface area is 147 Å². The van der Waals surface area contributed by atoms with Crippen LogP contribution < -0.4 is 10.1 Å². The molecule has 0 aliphatic carbocycles. The quantitative estimate of drug-likeness (QED) is 0.780. The van der Waals surface area contributed by atoms with Crippen LogP contribution in [0.25, 0.3) is 0 Å². The number of amides is 2.